The molecule has 1 fully saturated rings. The van der Waals surface area contributed by atoms with Crippen LogP contribution in [0.3, 0.4) is 0 Å². The lowest BCUT2D eigenvalue weighted by Gasteiger charge is -2.30. The Morgan fingerprint density at radius 1 is 0.950 bits per heavy atom. The summed E-state index contributed by atoms with van der Waals surface area (Å²) in [5.41, 5.74) is 8.22. The topological polar surface area (TPSA) is 46.2 Å². The molecule has 2 nitrogen and oxygen atoms in total. The van der Waals surface area contributed by atoms with Gasteiger partial charge < -0.3 is 10.8 Å². The molecular weight excluding hydrogens is 246 g/mol. The van der Waals surface area contributed by atoms with E-state index >= 15 is 0 Å². The molecule has 2 unspecified atom stereocenters. The highest BCUT2D eigenvalue weighted by molar-refractivity contribution is 5.36. The molecule has 2 heteroatoms. The number of nitrogens with two attached hydrogens (primary N) is 1. The Kier molecular flexibility index (Phi) is 3.60. The van der Waals surface area contributed by atoms with Crippen molar-refractivity contribution in [3.63, 3.8) is 0 Å². The summed E-state index contributed by atoms with van der Waals surface area (Å²) in [5.74, 6) is -0.00101. The van der Waals surface area contributed by atoms with Crippen molar-refractivity contribution in [2.75, 3.05) is 6.54 Å². The number of rotatable bonds is 5. The fourth-order valence-corrected chi connectivity index (χ4v) is 3.19. The number of hydrogen-bond acceptors (Lipinski definition) is 2. The molecule has 0 amide bonds. The maximum absolute atomic E-state index is 10.9. The molecule has 0 aromatic heterocycles. The van der Waals surface area contributed by atoms with E-state index in [0.717, 1.165) is 18.4 Å². The van der Waals surface area contributed by atoms with Gasteiger partial charge in [-0.3, -0.25) is 0 Å². The van der Waals surface area contributed by atoms with Gasteiger partial charge in [-0.1, -0.05) is 60.7 Å². The van der Waals surface area contributed by atoms with Gasteiger partial charge in [0.1, 0.15) is 0 Å². The first-order valence-electron chi connectivity index (χ1n) is 7.26. The summed E-state index contributed by atoms with van der Waals surface area (Å²) in [6.45, 7) is 0.472. The largest absolute Gasteiger partial charge is 0.392 e. The lowest BCUT2D eigenvalue weighted by molar-refractivity contribution is 0.104. The Balaban J connectivity index is 1.90. The third-order valence-corrected chi connectivity index (χ3v) is 4.57. The summed E-state index contributed by atoms with van der Waals surface area (Å²) in [7, 11) is 0. The molecule has 0 spiro atoms. The highest BCUT2D eigenvalue weighted by atomic mass is 16.3. The summed E-state index contributed by atoms with van der Waals surface area (Å²) in [4.78, 5) is 0. The van der Waals surface area contributed by atoms with Crippen molar-refractivity contribution in [2.45, 2.75) is 30.3 Å². The third-order valence-electron chi connectivity index (χ3n) is 4.57. The molecule has 3 N–H and O–H groups in total. The van der Waals surface area contributed by atoms with Crippen molar-refractivity contribution in [2.24, 2.45) is 5.73 Å². The van der Waals surface area contributed by atoms with Gasteiger partial charge in [-0.15, -0.1) is 0 Å². The molecule has 0 saturated heterocycles. The lowest BCUT2D eigenvalue weighted by Crippen LogP contribution is -2.36. The summed E-state index contributed by atoms with van der Waals surface area (Å²) < 4.78 is 0. The molecule has 0 heterocycles. The van der Waals surface area contributed by atoms with E-state index in [9.17, 15) is 5.11 Å². The Morgan fingerprint density at radius 3 is 2.00 bits per heavy atom. The fourth-order valence-electron chi connectivity index (χ4n) is 3.19. The molecule has 1 aliphatic rings. The van der Waals surface area contributed by atoms with Crippen molar-refractivity contribution in [3.05, 3.63) is 71.8 Å². The van der Waals surface area contributed by atoms with Crippen LogP contribution in [0, 0.1) is 0 Å². The van der Waals surface area contributed by atoms with Crippen LogP contribution in [0.25, 0.3) is 0 Å². The molecule has 1 saturated carbocycles. The highest BCUT2D eigenvalue weighted by Crippen LogP contribution is 2.53. The van der Waals surface area contributed by atoms with E-state index < -0.39 is 6.10 Å². The van der Waals surface area contributed by atoms with Gasteiger partial charge in [0, 0.05) is 17.9 Å². The zero-order valence-electron chi connectivity index (χ0n) is 11.6. The van der Waals surface area contributed by atoms with E-state index in [4.69, 9.17) is 5.73 Å². The molecule has 0 radical (unpaired) electrons. The van der Waals surface area contributed by atoms with Crippen molar-refractivity contribution in [1.82, 2.24) is 0 Å². The number of aliphatic hydroxyl groups is 1. The van der Waals surface area contributed by atoms with E-state index in [2.05, 4.69) is 24.3 Å². The maximum atomic E-state index is 10.9. The maximum Gasteiger partial charge on any atom is 0.0717 e. The average molecular weight is 267 g/mol. The molecule has 3 rings (SSSR count). The van der Waals surface area contributed by atoms with E-state index in [1.54, 1.807) is 0 Å². The molecule has 2 aromatic carbocycles. The molecular formula is C18H21NO. The normalized spacial score (nSPS) is 19.3. The first-order chi connectivity index (χ1) is 9.78. The zero-order valence-corrected chi connectivity index (χ0v) is 11.6. The summed E-state index contributed by atoms with van der Waals surface area (Å²) >= 11 is 0. The van der Waals surface area contributed by atoms with Crippen LogP contribution in [0.4, 0.5) is 0 Å². The second kappa shape index (κ2) is 5.39. The van der Waals surface area contributed by atoms with Crippen molar-refractivity contribution in [3.8, 4) is 0 Å². The Bertz CT molecular complexity index is 548. The molecule has 1 aliphatic carbocycles. The van der Waals surface area contributed by atoms with Crippen LogP contribution < -0.4 is 5.73 Å². The first-order valence-corrected chi connectivity index (χ1v) is 7.26. The minimum Gasteiger partial charge on any atom is -0.392 e. The Morgan fingerprint density at radius 2 is 1.50 bits per heavy atom. The van der Waals surface area contributed by atoms with Gasteiger partial charge in [0.05, 0.1) is 6.10 Å². The Hall–Kier alpha value is -1.64. The van der Waals surface area contributed by atoms with E-state index in [1.807, 2.05) is 36.4 Å². The van der Waals surface area contributed by atoms with Crippen LogP contribution in [-0.4, -0.2) is 17.8 Å². The predicted molar refractivity (Wildman–Crippen MR) is 81.6 cm³/mol. The molecule has 2 aromatic rings. The molecule has 0 bridgehead atoms. The van der Waals surface area contributed by atoms with E-state index in [1.165, 1.54) is 5.56 Å². The second-order valence-corrected chi connectivity index (χ2v) is 5.72. The van der Waals surface area contributed by atoms with Crippen LogP contribution in [0.15, 0.2) is 60.7 Å². The number of benzene rings is 2. The van der Waals surface area contributed by atoms with Crippen molar-refractivity contribution in [1.29, 1.82) is 0 Å². The van der Waals surface area contributed by atoms with Crippen molar-refractivity contribution < 1.29 is 5.11 Å². The van der Waals surface area contributed by atoms with Gasteiger partial charge in [0.25, 0.3) is 0 Å². The molecule has 2 atom stereocenters. The quantitative estimate of drug-likeness (QED) is 0.875. The second-order valence-electron chi connectivity index (χ2n) is 5.72. The summed E-state index contributed by atoms with van der Waals surface area (Å²) in [6.07, 6.45) is 1.67. The van der Waals surface area contributed by atoms with Crippen LogP contribution in [0.2, 0.25) is 0 Å². The monoisotopic (exact) mass is 267 g/mol. The number of aliphatic hydroxyl groups excluding tert-OH is 1. The summed E-state index contributed by atoms with van der Waals surface area (Å²) in [5, 5.41) is 10.9. The highest BCUT2D eigenvalue weighted by Gasteiger charge is 2.52. The number of hydrogen-bond donors (Lipinski definition) is 2. The van der Waals surface area contributed by atoms with E-state index in [0.29, 0.717) is 6.54 Å². The summed E-state index contributed by atoms with van der Waals surface area (Å²) in [6, 6.07) is 20.5. The zero-order chi connectivity index (χ0) is 14.0. The van der Waals surface area contributed by atoms with Gasteiger partial charge in [0.2, 0.25) is 0 Å². The minimum absolute atomic E-state index is 0.00101. The molecule has 104 valence electrons. The van der Waals surface area contributed by atoms with Crippen LogP contribution in [0.1, 0.15) is 29.9 Å². The lowest BCUT2D eigenvalue weighted by atomic mass is 9.80. The van der Waals surface area contributed by atoms with Crippen LogP contribution >= 0.6 is 0 Å². The van der Waals surface area contributed by atoms with E-state index in [-0.39, 0.29) is 11.3 Å². The van der Waals surface area contributed by atoms with Gasteiger partial charge in [-0.05, 0) is 24.0 Å². The average Bonchev–Trinajstić information content (AvgIpc) is 3.32. The predicted octanol–water partition coefficient (Wildman–Crippen LogP) is 2.82. The molecule has 20 heavy (non-hydrogen) atoms. The van der Waals surface area contributed by atoms with Gasteiger partial charge >= 0.3 is 0 Å². The smallest absolute Gasteiger partial charge is 0.0717 e. The minimum atomic E-state index is -0.419. The van der Waals surface area contributed by atoms with Gasteiger partial charge in [0.15, 0.2) is 0 Å². The first kappa shape index (κ1) is 13.3. The SMILES string of the molecule is NCC(c1ccccc1)C(O)C1(c2ccccc2)CC1. The Labute approximate surface area is 120 Å². The van der Waals surface area contributed by atoms with Gasteiger partial charge in [-0.25, -0.2) is 0 Å². The fraction of sp³-hybridized carbons (Fsp3) is 0.333. The van der Waals surface area contributed by atoms with Crippen molar-refractivity contribution >= 4 is 0 Å². The molecule has 0 aliphatic heterocycles. The third kappa shape index (κ3) is 2.26. The van der Waals surface area contributed by atoms with Crippen LogP contribution in [-0.2, 0) is 5.41 Å². The van der Waals surface area contributed by atoms with Gasteiger partial charge in [-0.2, -0.15) is 0 Å². The standard InChI is InChI=1S/C18H21NO/c19-13-16(14-7-3-1-4-8-14)17(20)18(11-12-18)15-9-5-2-6-10-15/h1-10,16-17,20H,11-13,19H2. The van der Waals surface area contributed by atoms with Crippen LogP contribution in [0.5, 0.6) is 0 Å².